The van der Waals surface area contributed by atoms with Gasteiger partial charge in [-0.2, -0.15) is 0 Å². The zero-order chi connectivity index (χ0) is 18.1. The molecule has 4 rings (SSSR count). The Hall–Kier alpha value is -2.93. The van der Waals surface area contributed by atoms with Crippen LogP contribution in [0, 0.1) is 0 Å². The lowest BCUT2D eigenvalue weighted by Crippen LogP contribution is -2.39. The third-order valence-electron chi connectivity index (χ3n) is 4.23. The van der Waals surface area contributed by atoms with Gasteiger partial charge in [-0.3, -0.25) is 4.79 Å². The van der Waals surface area contributed by atoms with E-state index in [1.807, 2.05) is 0 Å². The topological polar surface area (TPSA) is 79.9 Å². The van der Waals surface area contributed by atoms with Crippen LogP contribution in [0.25, 0.3) is 0 Å². The Morgan fingerprint density at radius 3 is 2.69 bits per heavy atom. The molecule has 0 bridgehead atoms. The van der Waals surface area contributed by atoms with Gasteiger partial charge in [0.25, 0.3) is 0 Å². The van der Waals surface area contributed by atoms with Crippen LogP contribution in [0.4, 0.5) is 16.2 Å². The van der Waals surface area contributed by atoms with E-state index in [0.29, 0.717) is 28.8 Å². The van der Waals surface area contributed by atoms with Crippen molar-refractivity contribution in [1.82, 2.24) is 5.32 Å². The first-order valence-corrected chi connectivity index (χ1v) is 8.49. The molecule has 1 atom stereocenters. The van der Waals surface area contributed by atoms with Crippen molar-refractivity contribution in [1.29, 1.82) is 0 Å². The van der Waals surface area contributed by atoms with Crippen LogP contribution in [-0.4, -0.2) is 31.3 Å². The number of ether oxygens (including phenoxy) is 2. The normalized spacial score (nSPS) is 18.1. The predicted molar refractivity (Wildman–Crippen MR) is 96.9 cm³/mol. The summed E-state index contributed by atoms with van der Waals surface area (Å²) in [5.41, 5.74) is 1.35. The van der Waals surface area contributed by atoms with Gasteiger partial charge in [0.1, 0.15) is 0 Å². The third-order valence-corrected chi connectivity index (χ3v) is 4.48. The molecule has 0 unspecified atom stereocenters. The van der Waals surface area contributed by atoms with Crippen LogP contribution in [0.5, 0.6) is 11.5 Å². The Morgan fingerprint density at radius 2 is 1.88 bits per heavy atom. The fourth-order valence-electron chi connectivity index (χ4n) is 3.00. The summed E-state index contributed by atoms with van der Waals surface area (Å²) in [7, 11) is 0. The number of benzene rings is 2. The number of anilines is 2. The molecule has 8 heteroatoms. The molecule has 0 saturated carbocycles. The maximum Gasteiger partial charge on any atom is 0.319 e. The Morgan fingerprint density at radius 1 is 1.12 bits per heavy atom. The summed E-state index contributed by atoms with van der Waals surface area (Å²) < 4.78 is 10.5. The summed E-state index contributed by atoms with van der Waals surface area (Å²) in [5.74, 6) is 1.20. The monoisotopic (exact) mass is 373 g/mol. The minimum absolute atomic E-state index is 0.0410. The van der Waals surface area contributed by atoms with Crippen molar-refractivity contribution in [3.05, 3.63) is 47.5 Å². The van der Waals surface area contributed by atoms with E-state index in [1.165, 1.54) is 0 Å². The van der Waals surface area contributed by atoms with Gasteiger partial charge in [-0.15, -0.1) is 0 Å². The van der Waals surface area contributed by atoms with Gasteiger partial charge in [0.2, 0.25) is 12.7 Å². The highest BCUT2D eigenvalue weighted by Gasteiger charge is 2.31. The van der Waals surface area contributed by atoms with Crippen LogP contribution in [0.3, 0.4) is 0 Å². The lowest BCUT2D eigenvalue weighted by molar-refractivity contribution is -0.117. The summed E-state index contributed by atoms with van der Waals surface area (Å²) in [4.78, 5) is 26.1. The zero-order valence-electron chi connectivity index (χ0n) is 13.7. The van der Waals surface area contributed by atoms with Crippen molar-refractivity contribution in [2.24, 2.45) is 0 Å². The lowest BCUT2D eigenvalue weighted by Gasteiger charge is -2.17. The summed E-state index contributed by atoms with van der Waals surface area (Å²) in [5, 5.41) is 6.18. The van der Waals surface area contributed by atoms with Gasteiger partial charge in [-0.1, -0.05) is 11.6 Å². The quantitative estimate of drug-likeness (QED) is 0.866. The summed E-state index contributed by atoms with van der Waals surface area (Å²) in [6.07, 6.45) is 0.247. The van der Waals surface area contributed by atoms with Crippen molar-refractivity contribution >= 4 is 34.9 Å². The molecule has 2 N–H and O–H groups in total. The van der Waals surface area contributed by atoms with E-state index in [-0.39, 0.29) is 31.2 Å². The second-order valence-electron chi connectivity index (χ2n) is 6.05. The minimum atomic E-state index is -0.375. The van der Waals surface area contributed by atoms with E-state index in [2.05, 4.69) is 10.6 Å². The third kappa shape index (κ3) is 3.39. The average Bonchev–Trinajstić information content (AvgIpc) is 3.21. The smallest absolute Gasteiger partial charge is 0.319 e. The number of nitrogens with zero attached hydrogens (tertiary/aromatic N) is 1. The largest absolute Gasteiger partial charge is 0.454 e. The summed E-state index contributed by atoms with van der Waals surface area (Å²) in [6, 6.07) is 11.6. The highest BCUT2D eigenvalue weighted by molar-refractivity contribution is 6.30. The molecular weight excluding hydrogens is 358 g/mol. The van der Waals surface area contributed by atoms with Crippen LogP contribution < -0.4 is 25.0 Å². The van der Waals surface area contributed by atoms with Crippen LogP contribution in [0.1, 0.15) is 6.42 Å². The molecule has 134 valence electrons. The molecule has 2 aliphatic heterocycles. The molecule has 2 aliphatic rings. The molecule has 0 spiro atoms. The van der Waals surface area contributed by atoms with Gasteiger partial charge < -0.3 is 25.0 Å². The molecular formula is C18H16ClN3O4. The van der Waals surface area contributed by atoms with Gasteiger partial charge >= 0.3 is 6.03 Å². The highest BCUT2D eigenvalue weighted by Crippen LogP contribution is 2.34. The van der Waals surface area contributed by atoms with Gasteiger partial charge in [-0.25, -0.2) is 4.79 Å². The number of hydrogen-bond donors (Lipinski definition) is 2. The van der Waals surface area contributed by atoms with Crippen LogP contribution >= 0.6 is 11.6 Å². The minimum Gasteiger partial charge on any atom is -0.454 e. The second kappa shape index (κ2) is 6.76. The van der Waals surface area contributed by atoms with E-state index in [4.69, 9.17) is 21.1 Å². The van der Waals surface area contributed by atoms with Crippen LogP contribution in [0.2, 0.25) is 5.02 Å². The first-order valence-electron chi connectivity index (χ1n) is 8.11. The number of nitrogens with one attached hydrogen (secondary N) is 2. The fraction of sp³-hybridized carbons (Fsp3) is 0.222. The number of fused-ring (bicyclic) bond motifs is 1. The molecule has 1 fully saturated rings. The zero-order valence-corrected chi connectivity index (χ0v) is 14.5. The van der Waals surface area contributed by atoms with Crippen molar-refractivity contribution in [3.63, 3.8) is 0 Å². The maximum absolute atomic E-state index is 12.2. The maximum atomic E-state index is 12.2. The Bertz CT molecular complexity index is 856. The van der Waals surface area contributed by atoms with E-state index in [9.17, 15) is 9.59 Å². The number of rotatable bonds is 3. The molecule has 2 heterocycles. The first kappa shape index (κ1) is 16.5. The highest BCUT2D eigenvalue weighted by atomic mass is 35.5. The van der Waals surface area contributed by atoms with Crippen LogP contribution in [0.15, 0.2) is 42.5 Å². The van der Waals surface area contributed by atoms with Gasteiger partial charge in [0, 0.05) is 35.4 Å². The standard InChI is InChI=1S/C18H16ClN3O4/c19-11-1-4-14(5-2-11)22-9-13(8-17(22)23)21-18(24)20-12-3-6-15-16(7-12)26-10-25-15/h1-7,13H,8-10H2,(H2,20,21,24)/t13-/m1/s1. The molecule has 0 radical (unpaired) electrons. The molecule has 0 aliphatic carbocycles. The van der Waals surface area contributed by atoms with Crippen molar-refractivity contribution in [3.8, 4) is 11.5 Å². The lowest BCUT2D eigenvalue weighted by atomic mass is 10.2. The average molecular weight is 374 g/mol. The Labute approximate surface area is 154 Å². The first-order chi connectivity index (χ1) is 12.6. The second-order valence-corrected chi connectivity index (χ2v) is 6.48. The summed E-state index contributed by atoms with van der Waals surface area (Å²) >= 11 is 5.88. The molecule has 2 aromatic rings. The number of urea groups is 1. The summed E-state index contributed by atoms with van der Waals surface area (Å²) in [6.45, 7) is 0.588. The van der Waals surface area contributed by atoms with Crippen molar-refractivity contribution in [2.45, 2.75) is 12.5 Å². The van der Waals surface area contributed by atoms with Crippen molar-refractivity contribution < 1.29 is 19.1 Å². The predicted octanol–water partition coefficient (Wildman–Crippen LogP) is 3.00. The number of hydrogen-bond acceptors (Lipinski definition) is 4. The van der Waals surface area contributed by atoms with E-state index >= 15 is 0 Å². The van der Waals surface area contributed by atoms with Crippen molar-refractivity contribution in [2.75, 3.05) is 23.6 Å². The van der Waals surface area contributed by atoms with Gasteiger partial charge in [0.05, 0.1) is 6.04 Å². The molecule has 26 heavy (non-hydrogen) atoms. The number of carbonyl (C=O) groups is 2. The Kier molecular flexibility index (Phi) is 4.30. The van der Waals surface area contributed by atoms with E-state index < -0.39 is 0 Å². The number of halogens is 1. The van der Waals surface area contributed by atoms with Crippen LogP contribution in [-0.2, 0) is 4.79 Å². The Balaban J connectivity index is 1.36. The van der Waals surface area contributed by atoms with E-state index in [0.717, 1.165) is 5.69 Å². The van der Waals surface area contributed by atoms with E-state index in [1.54, 1.807) is 47.4 Å². The van der Waals surface area contributed by atoms with Gasteiger partial charge in [0.15, 0.2) is 11.5 Å². The number of carbonyl (C=O) groups excluding carboxylic acids is 2. The molecule has 0 aromatic heterocycles. The molecule has 2 aromatic carbocycles. The molecule has 3 amide bonds. The SMILES string of the molecule is O=C(Nc1ccc2c(c1)OCO2)N[C@@H]1CC(=O)N(c2ccc(Cl)cc2)C1. The van der Waals surface area contributed by atoms with Gasteiger partial charge in [-0.05, 0) is 36.4 Å². The number of amides is 3. The fourth-order valence-corrected chi connectivity index (χ4v) is 3.13. The molecule has 7 nitrogen and oxygen atoms in total. The molecule has 1 saturated heterocycles.